The van der Waals surface area contributed by atoms with Crippen LogP contribution in [0.5, 0.6) is 0 Å². The average Bonchev–Trinajstić information content (AvgIpc) is 2.72. The summed E-state index contributed by atoms with van der Waals surface area (Å²) in [5.74, 6) is -0.490. The van der Waals surface area contributed by atoms with E-state index >= 15 is 0 Å². The fraction of sp³-hybridized carbons (Fsp3) is 0.364. The molecule has 1 N–H and O–H groups in total. The van der Waals surface area contributed by atoms with Gasteiger partial charge in [-0.2, -0.15) is 0 Å². The van der Waals surface area contributed by atoms with Crippen LogP contribution in [0.25, 0.3) is 0 Å². The van der Waals surface area contributed by atoms with Gasteiger partial charge >= 0.3 is 0 Å². The topological polar surface area (TPSA) is 49.4 Å². The van der Waals surface area contributed by atoms with Crippen LogP contribution in [0, 0.1) is 11.7 Å². The Hall–Kier alpha value is -2.69. The summed E-state index contributed by atoms with van der Waals surface area (Å²) >= 11 is 0. The molecule has 0 bridgehead atoms. The molecule has 0 spiro atoms. The third-order valence-corrected chi connectivity index (χ3v) is 5.12. The molecule has 0 saturated carbocycles. The number of nitrogens with zero attached hydrogens (tertiary/aromatic N) is 1. The van der Waals surface area contributed by atoms with Crippen molar-refractivity contribution in [2.24, 2.45) is 5.92 Å². The molecule has 0 aliphatic carbocycles. The number of nitrogens with one attached hydrogen (secondary N) is 1. The SMILES string of the molecule is CC(CNC(=O)C1CCCN(C(=O)c2ccc(F)cc2)C1)c1ccccc1. The highest BCUT2D eigenvalue weighted by atomic mass is 19.1. The second-order valence-corrected chi connectivity index (χ2v) is 7.15. The molecule has 1 saturated heterocycles. The summed E-state index contributed by atoms with van der Waals surface area (Å²) in [6.45, 7) is 3.69. The van der Waals surface area contributed by atoms with E-state index in [1.54, 1.807) is 4.90 Å². The average molecular weight is 368 g/mol. The Labute approximate surface area is 159 Å². The maximum absolute atomic E-state index is 13.1. The number of hydrogen-bond acceptors (Lipinski definition) is 2. The van der Waals surface area contributed by atoms with Crippen LogP contribution in [-0.2, 0) is 4.79 Å². The molecule has 2 amide bonds. The molecule has 0 radical (unpaired) electrons. The van der Waals surface area contributed by atoms with Crippen LogP contribution in [0.2, 0.25) is 0 Å². The van der Waals surface area contributed by atoms with Crippen molar-refractivity contribution >= 4 is 11.8 Å². The normalized spacial score (nSPS) is 18.0. The smallest absolute Gasteiger partial charge is 0.253 e. The van der Waals surface area contributed by atoms with Crippen LogP contribution in [0.3, 0.4) is 0 Å². The quantitative estimate of drug-likeness (QED) is 0.877. The van der Waals surface area contributed by atoms with E-state index in [2.05, 4.69) is 24.4 Å². The lowest BCUT2D eigenvalue weighted by atomic mass is 9.95. The van der Waals surface area contributed by atoms with Crippen molar-refractivity contribution in [2.75, 3.05) is 19.6 Å². The van der Waals surface area contributed by atoms with Gasteiger partial charge < -0.3 is 10.2 Å². The van der Waals surface area contributed by atoms with E-state index < -0.39 is 0 Å². The summed E-state index contributed by atoms with van der Waals surface area (Å²) in [5, 5.41) is 3.03. The third kappa shape index (κ3) is 4.94. The third-order valence-electron chi connectivity index (χ3n) is 5.12. The number of piperidine rings is 1. The van der Waals surface area contributed by atoms with Gasteiger partial charge in [0.15, 0.2) is 0 Å². The Balaban J connectivity index is 1.54. The van der Waals surface area contributed by atoms with Gasteiger partial charge in [0.05, 0.1) is 5.92 Å². The highest BCUT2D eigenvalue weighted by molar-refractivity contribution is 5.94. The van der Waals surface area contributed by atoms with Crippen LogP contribution in [-0.4, -0.2) is 36.3 Å². The molecule has 1 heterocycles. The first kappa shape index (κ1) is 19.1. The molecule has 5 heteroatoms. The number of benzene rings is 2. The zero-order valence-corrected chi connectivity index (χ0v) is 15.5. The number of halogens is 1. The summed E-state index contributed by atoms with van der Waals surface area (Å²) in [7, 11) is 0. The predicted octanol–water partition coefficient (Wildman–Crippen LogP) is 3.60. The molecule has 2 aromatic rings. The minimum Gasteiger partial charge on any atom is -0.355 e. The number of likely N-dealkylation sites (tertiary alicyclic amines) is 1. The molecule has 4 nitrogen and oxygen atoms in total. The maximum Gasteiger partial charge on any atom is 0.253 e. The molecule has 0 aromatic heterocycles. The molecule has 2 aromatic carbocycles. The number of carbonyl (C=O) groups excluding carboxylic acids is 2. The van der Waals surface area contributed by atoms with Gasteiger partial charge in [0, 0.05) is 25.2 Å². The molecule has 3 rings (SSSR count). The molecule has 142 valence electrons. The van der Waals surface area contributed by atoms with Crippen molar-refractivity contribution in [1.82, 2.24) is 10.2 Å². The Morgan fingerprint density at radius 3 is 2.56 bits per heavy atom. The molecular formula is C22H25FN2O2. The van der Waals surface area contributed by atoms with E-state index in [1.807, 2.05) is 18.2 Å². The molecule has 1 aliphatic heterocycles. The second kappa shape index (κ2) is 8.80. The fourth-order valence-corrected chi connectivity index (χ4v) is 3.45. The van der Waals surface area contributed by atoms with Crippen LogP contribution in [0.1, 0.15) is 41.6 Å². The first-order valence-corrected chi connectivity index (χ1v) is 9.42. The van der Waals surface area contributed by atoms with Crippen molar-refractivity contribution in [3.63, 3.8) is 0 Å². The number of carbonyl (C=O) groups is 2. The molecule has 1 fully saturated rings. The van der Waals surface area contributed by atoms with Crippen molar-refractivity contribution in [3.05, 3.63) is 71.5 Å². The second-order valence-electron chi connectivity index (χ2n) is 7.15. The minimum absolute atomic E-state index is 0.00520. The highest BCUT2D eigenvalue weighted by Gasteiger charge is 2.29. The summed E-state index contributed by atoms with van der Waals surface area (Å²) < 4.78 is 13.1. The molecule has 1 aliphatic rings. The van der Waals surface area contributed by atoms with Crippen molar-refractivity contribution < 1.29 is 14.0 Å². The van der Waals surface area contributed by atoms with Gasteiger partial charge in [0.25, 0.3) is 5.91 Å². The Kier molecular flexibility index (Phi) is 6.22. The highest BCUT2D eigenvalue weighted by Crippen LogP contribution is 2.20. The van der Waals surface area contributed by atoms with Gasteiger partial charge in [-0.05, 0) is 48.6 Å². The van der Waals surface area contributed by atoms with Crippen molar-refractivity contribution in [2.45, 2.75) is 25.7 Å². The van der Waals surface area contributed by atoms with E-state index in [9.17, 15) is 14.0 Å². The zero-order chi connectivity index (χ0) is 19.2. The van der Waals surface area contributed by atoms with Gasteiger partial charge in [-0.3, -0.25) is 9.59 Å². The van der Waals surface area contributed by atoms with Crippen LogP contribution in [0.15, 0.2) is 54.6 Å². The number of amides is 2. The summed E-state index contributed by atoms with van der Waals surface area (Å²) in [6.07, 6.45) is 1.57. The summed E-state index contributed by atoms with van der Waals surface area (Å²) in [4.78, 5) is 26.9. The van der Waals surface area contributed by atoms with Gasteiger partial charge in [0.2, 0.25) is 5.91 Å². The fourth-order valence-electron chi connectivity index (χ4n) is 3.45. The first-order chi connectivity index (χ1) is 13.0. The number of hydrogen-bond donors (Lipinski definition) is 1. The van der Waals surface area contributed by atoms with Crippen molar-refractivity contribution in [1.29, 1.82) is 0 Å². The van der Waals surface area contributed by atoms with Gasteiger partial charge in [-0.1, -0.05) is 37.3 Å². The largest absolute Gasteiger partial charge is 0.355 e. The lowest BCUT2D eigenvalue weighted by Crippen LogP contribution is -2.46. The van der Waals surface area contributed by atoms with E-state index in [-0.39, 0.29) is 29.5 Å². The molecule has 2 unspecified atom stereocenters. The molecular weight excluding hydrogens is 343 g/mol. The van der Waals surface area contributed by atoms with Gasteiger partial charge in [0.1, 0.15) is 5.82 Å². The van der Waals surface area contributed by atoms with E-state index in [4.69, 9.17) is 0 Å². The lowest BCUT2D eigenvalue weighted by molar-refractivity contribution is -0.126. The predicted molar refractivity (Wildman–Crippen MR) is 103 cm³/mol. The Bertz CT molecular complexity index is 777. The van der Waals surface area contributed by atoms with Gasteiger partial charge in [-0.25, -0.2) is 4.39 Å². The Morgan fingerprint density at radius 1 is 1.15 bits per heavy atom. The van der Waals surface area contributed by atoms with Gasteiger partial charge in [-0.15, -0.1) is 0 Å². The van der Waals surface area contributed by atoms with Crippen LogP contribution >= 0.6 is 0 Å². The minimum atomic E-state index is -0.366. The van der Waals surface area contributed by atoms with Crippen LogP contribution < -0.4 is 5.32 Å². The first-order valence-electron chi connectivity index (χ1n) is 9.42. The summed E-state index contributed by atoms with van der Waals surface area (Å²) in [6, 6.07) is 15.6. The van der Waals surface area contributed by atoms with Crippen LogP contribution in [0.4, 0.5) is 4.39 Å². The Morgan fingerprint density at radius 2 is 1.85 bits per heavy atom. The standard InChI is InChI=1S/C22H25FN2O2/c1-16(17-6-3-2-4-7-17)14-24-21(26)19-8-5-13-25(15-19)22(27)18-9-11-20(23)12-10-18/h2-4,6-7,9-12,16,19H,5,8,13-15H2,1H3,(H,24,26). The molecule has 27 heavy (non-hydrogen) atoms. The lowest BCUT2D eigenvalue weighted by Gasteiger charge is -2.32. The number of rotatable bonds is 5. The monoisotopic (exact) mass is 368 g/mol. The van der Waals surface area contributed by atoms with E-state index in [0.717, 1.165) is 12.8 Å². The van der Waals surface area contributed by atoms with Crippen molar-refractivity contribution in [3.8, 4) is 0 Å². The maximum atomic E-state index is 13.1. The summed E-state index contributed by atoms with van der Waals surface area (Å²) in [5.41, 5.74) is 1.64. The molecule has 2 atom stereocenters. The van der Waals surface area contributed by atoms with E-state index in [0.29, 0.717) is 25.2 Å². The zero-order valence-electron chi connectivity index (χ0n) is 15.5. The van der Waals surface area contributed by atoms with E-state index in [1.165, 1.54) is 29.8 Å².